The van der Waals surface area contributed by atoms with E-state index in [1.807, 2.05) is 13.2 Å². The number of nitrogens with one attached hydrogen (secondary N) is 2. The molecule has 4 nitrogen and oxygen atoms in total. The maximum Gasteiger partial charge on any atom is 0.156 e. The molecule has 90 valence electrons. The van der Waals surface area contributed by atoms with Crippen molar-refractivity contribution in [3.63, 3.8) is 0 Å². The molecular formula is C11H12ClN3OS. The summed E-state index contributed by atoms with van der Waals surface area (Å²) in [5, 5.41) is 8.85. The van der Waals surface area contributed by atoms with Crippen molar-refractivity contribution < 1.29 is 4.74 Å². The highest BCUT2D eigenvalue weighted by Crippen LogP contribution is 2.35. The number of fused-ring (bicyclic) bond motifs is 1. The topological polar surface area (TPSA) is 61.8 Å². The Morgan fingerprint density at radius 2 is 2.29 bits per heavy atom. The van der Waals surface area contributed by atoms with Crippen LogP contribution in [0.5, 0.6) is 5.75 Å². The third kappa shape index (κ3) is 2.00. The summed E-state index contributed by atoms with van der Waals surface area (Å²) in [4.78, 5) is 7.44. The molecule has 0 spiro atoms. The lowest BCUT2D eigenvalue weighted by Crippen LogP contribution is -1.99. The quantitative estimate of drug-likeness (QED) is 0.650. The Balaban J connectivity index is 2.81. The molecule has 2 aromatic rings. The smallest absolute Gasteiger partial charge is 0.156 e. The van der Waals surface area contributed by atoms with Crippen LogP contribution in [0, 0.1) is 12.3 Å². The van der Waals surface area contributed by atoms with Crippen LogP contribution in [0.3, 0.4) is 0 Å². The van der Waals surface area contributed by atoms with E-state index in [0.717, 1.165) is 11.3 Å². The minimum Gasteiger partial charge on any atom is -0.494 e. The van der Waals surface area contributed by atoms with Crippen LogP contribution in [0.1, 0.15) is 11.4 Å². The predicted molar refractivity (Wildman–Crippen MR) is 72.7 cm³/mol. The van der Waals surface area contributed by atoms with Gasteiger partial charge in [-0.25, -0.2) is 4.98 Å². The van der Waals surface area contributed by atoms with E-state index in [1.54, 1.807) is 13.2 Å². The van der Waals surface area contributed by atoms with Crippen molar-refractivity contribution in [2.24, 2.45) is 0 Å². The molecular weight excluding hydrogens is 258 g/mol. The van der Waals surface area contributed by atoms with E-state index in [0.29, 0.717) is 26.9 Å². The van der Waals surface area contributed by atoms with Gasteiger partial charge in [0, 0.05) is 0 Å². The second kappa shape index (κ2) is 4.58. The number of imidazole rings is 1. The molecule has 0 atom stereocenters. The number of nitrogens with zero attached hydrogens (tertiary/aromatic N) is 1. The van der Waals surface area contributed by atoms with E-state index >= 15 is 0 Å². The molecule has 0 amide bonds. The number of hydrogen-bond acceptors (Lipinski definition) is 4. The normalized spacial score (nSPS) is 10.8. The summed E-state index contributed by atoms with van der Waals surface area (Å²) < 4.78 is 5.35. The summed E-state index contributed by atoms with van der Waals surface area (Å²) >= 11 is 7.51. The lowest BCUT2D eigenvalue weighted by molar-refractivity contribution is 0.418. The second-order valence-electron chi connectivity index (χ2n) is 3.52. The molecule has 0 bridgehead atoms. The van der Waals surface area contributed by atoms with Crippen LogP contribution in [-0.2, 0) is 0 Å². The number of halogens is 1. The standard InChI is InChI=1S/C11H12ClN3OS/c1-5-14-8-7(12)4-6(11(13)17-3)10(16-2)9(8)15-5/h4,13H,1-3H3,(H,14,15). The van der Waals surface area contributed by atoms with Gasteiger partial charge in [-0.05, 0) is 19.2 Å². The Hall–Kier alpha value is -1.20. The zero-order valence-electron chi connectivity index (χ0n) is 9.72. The van der Waals surface area contributed by atoms with Crippen molar-refractivity contribution in [1.29, 1.82) is 5.41 Å². The highest BCUT2D eigenvalue weighted by molar-refractivity contribution is 8.13. The van der Waals surface area contributed by atoms with E-state index in [4.69, 9.17) is 21.7 Å². The second-order valence-corrected chi connectivity index (χ2v) is 4.74. The van der Waals surface area contributed by atoms with E-state index in [1.165, 1.54) is 11.8 Å². The molecule has 1 aromatic heterocycles. The van der Waals surface area contributed by atoms with Crippen molar-refractivity contribution in [1.82, 2.24) is 9.97 Å². The maximum absolute atomic E-state index is 7.89. The molecule has 1 aromatic carbocycles. The number of ether oxygens (including phenoxy) is 1. The van der Waals surface area contributed by atoms with Gasteiger partial charge in [-0.15, -0.1) is 11.8 Å². The van der Waals surface area contributed by atoms with E-state index in [9.17, 15) is 0 Å². The minimum atomic E-state index is 0.409. The zero-order valence-corrected chi connectivity index (χ0v) is 11.3. The molecule has 2 rings (SSSR count). The SMILES string of the molecule is COc1c(C(=N)SC)cc(Cl)c2[nH]c(C)nc12. The lowest BCUT2D eigenvalue weighted by atomic mass is 10.2. The molecule has 2 N–H and O–H groups in total. The number of hydrogen-bond donors (Lipinski definition) is 2. The highest BCUT2D eigenvalue weighted by Gasteiger charge is 2.17. The van der Waals surface area contributed by atoms with Gasteiger partial charge in [-0.3, -0.25) is 5.41 Å². The van der Waals surface area contributed by atoms with Gasteiger partial charge in [0.25, 0.3) is 0 Å². The Morgan fingerprint density at radius 1 is 1.59 bits per heavy atom. The maximum atomic E-state index is 7.89. The van der Waals surface area contributed by atoms with E-state index in [-0.39, 0.29) is 0 Å². The lowest BCUT2D eigenvalue weighted by Gasteiger charge is -2.09. The number of aryl methyl sites for hydroxylation is 1. The number of aromatic amines is 1. The molecule has 6 heteroatoms. The number of H-pyrrole nitrogens is 1. The summed E-state index contributed by atoms with van der Waals surface area (Å²) in [6.07, 6.45) is 1.84. The number of benzene rings is 1. The van der Waals surface area contributed by atoms with Crippen LogP contribution < -0.4 is 4.74 Å². The summed E-state index contributed by atoms with van der Waals surface area (Å²) in [7, 11) is 1.57. The first-order chi connectivity index (χ1) is 8.08. The third-order valence-electron chi connectivity index (χ3n) is 2.44. The van der Waals surface area contributed by atoms with Gasteiger partial charge in [0.15, 0.2) is 5.75 Å². The predicted octanol–water partition coefficient (Wildman–Crippen LogP) is 3.22. The Labute approximate surface area is 108 Å². The van der Waals surface area contributed by atoms with Crippen molar-refractivity contribution in [3.8, 4) is 5.75 Å². The number of thioether (sulfide) groups is 1. The van der Waals surface area contributed by atoms with Crippen LogP contribution in [0.4, 0.5) is 0 Å². The van der Waals surface area contributed by atoms with Gasteiger partial charge in [0.05, 0.1) is 28.3 Å². The van der Waals surface area contributed by atoms with Gasteiger partial charge in [0.2, 0.25) is 0 Å². The monoisotopic (exact) mass is 269 g/mol. The summed E-state index contributed by atoms with van der Waals surface area (Å²) in [5.74, 6) is 1.36. The zero-order chi connectivity index (χ0) is 12.6. The van der Waals surface area contributed by atoms with Crippen LogP contribution in [0.25, 0.3) is 11.0 Å². The van der Waals surface area contributed by atoms with Crippen LogP contribution in [0.15, 0.2) is 6.07 Å². The molecule has 0 unspecified atom stereocenters. The van der Waals surface area contributed by atoms with Crippen LogP contribution >= 0.6 is 23.4 Å². The van der Waals surface area contributed by atoms with Crippen LogP contribution in [-0.4, -0.2) is 28.4 Å². The summed E-state index contributed by atoms with van der Waals surface area (Å²) in [6, 6.07) is 1.74. The Kier molecular flexibility index (Phi) is 3.31. The molecule has 0 radical (unpaired) electrons. The van der Waals surface area contributed by atoms with Crippen molar-refractivity contribution in [2.75, 3.05) is 13.4 Å². The molecule has 0 saturated carbocycles. The molecule has 17 heavy (non-hydrogen) atoms. The summed E-state index contributed by atoms with van der Waals surface area (Å²) in [5.41, 5.74) is 2.09. The molecule has 1 heterocycles. The van der Waals surface area contributed by atoms with Gasteiger partial charge >= 0.3 is 0 Å². The molecule has 0 aliphatic heterocycles. The van der Waals surface area contributed by atoms with Gasteiger partial charge in [-0.2, -0.15) is 0 Å². The van der Waals surface area contributed by atoms with Crippen molar-refractivity contribution in [3.05, 3.63) is 22.5 Å². The average Bonchev–Trinajstić information content (AvgIpc) is 2.70. The first-order valence-corrected chi connectivity index (χ1v) is 6.54. The molecule has 0 aliphatic carbocycles. The van der Waals surface area contributed by atoms with E-state index in [2.05, 4.69) is 9.97 Å². The van der Waals surface area contributed by atoms with Crippen LogP contribution in [0.2, 0.25) is 5.02 Å². The summed E-state index contributed by atoms with van der Waals surface area (Å²) in [6.45, 7) is 1.86. The largest absolute Gasteiger partial charge is 0.494 e. The molecule has 0 aliphatic rings. The molecule has 0 saturated heterocycles. The average molecular weight is 270 g/mol. The fourth-order valence-corrected chi connectivity index (χ4v) is 2.32. The number of rotatable bonds is 2. The number of methoxy groups -OCH3 is 1. The van der Waals surface area contributed by atoms with Gasteiger partial charge in [0.1, 0.15) is 11.3 Å². The first kappa shape index (κ1) is 12.3. The van der Waals surface area contributed by atoms with E-state index < -0.39 is 0 Å². The minimum absolute atomic E-state index is 0.409. The van der Waals surface area contributed by atoms with Crippen molar-refractivity contribution in [2.45, 2.75) is 6.92 Å². The first-order valence-electron chi connectivity index (χ1n) is 4.94. The number of aromatic nitrogens is 2. The Morgan fingerprint density at radius 3 is 2.88 bits per heavy atom. The van der Waals surface area contributed by atoms with Gasteiger partial charge < -0.3 is 9.72 Å². The van der Waals surface area contributed by atoms with Gasteiger partial charge in [-0.1, -0.05) is 11.6 Å². The highest BCUT2D eigenvalue weighted by atomic mass is 35.5. The van der Waals surface area contributed by atoms with Crippen molar-refractivity contribution >= 4 is 39.4 Å². The molecule has 0 fully saturated rings. The fourth-order valence-electron chi connectivity index (χ4n) is 1.71. The third-order valence-corrected chi connectivity index (χ3v) is 3.37. The Bertz CT molecular complexity index is 594. The fraction of sp³-hybridized carbons (Fsp3) is 0.273.